The average Bonchev–Trinajstić information content (AvgIpc) is 2.30. The third kappa shape index (κ3) is 3.59. The van der Waals surface area contributed by atoms with E-state index >= 15 is 0 Å². The second-order valence-corrected chi connectivity index (χ2v) is 4.23. The highest BCUT2D eigenvalue weighted by molar-refractivity contribution is 5.88. The normalized spacial score (nSPS) is 18.8. The third-order valence-electron chi connectivity index (χ3n) is 2.70. The minimum atomic E-state index is -0.195. The number of rotatable bonds is 2. The van der Waals surface area contributed by atoms with E-state index in [1.165, 1.54) is 0 Å². The van der Waals surface area contributed by atoms with Crippen LogP contribution in [0.1, 0.15) is 25.0 Å². The van der Waals surface area contributed by atoms with Crippen LogP contribution >= 0.6 is 0 Å². The average molecular weight is 231 g/mol. The number of pyridine rings is 1. The van der Waals surface area contributed by atoms with E-state index in [-0.39, 0.29) is 12.1 Å². The number of carbonyl (C=O) groups excluding carboxylic acids is 1. The molecule has 0 aliphatic heterocycles. The van der Waals surface area contributed by atoms with Crippen LogP contribution in [0.25, 0.3) is 0 Å². The lowest BCUT2D eigenvalue weighted by Crippen LogP contribution is -2.37. The summed E-state index contributed by atoms with van der Waals surface area (Å²) in [5.41, 5.74) is 0.889. The van der Waals surface area contributed by atoms with E-state index in [2.05, 4.69) is 21.7 Å². The molecule has 1 aromatic heterocycles. The molecule has 0 saturated carbocycles. The molecule has 2 amide bonds. The van der Waals surface area contributed by atoms with Gasteiger partial charge in [0, 0.05) is 11.7 Å². The molecule has 90 valence electrons. The maximum atomic E-state index is 11.7. The predicted octanol–water partition coefficient (Wildman–Crippen LogP) is 2.62. The Kier molecular flexibility index (Phi) is 3.75. The molecule has 1 aromatic rings. The van der Waals surface area contributed by atoms with Gasteiger partial charge >= 0.3 is 6.03 Å². The van der Waals surface area contributed by atoms with Crippen molar-refractivity contribution < 1.29 is 4.79 Å². The third-order valence-corrected chi connectivity index (χ3v) is 2.70. The van der Waals surface area contributed by atoms with Crippen molar-refractivity contribution in [2.45, 2.75) is 32.2 Å². The highest BCUT2D eigenvalue weighted by atomic mass is 16.2. The molecule has 1 aliphatic carbocycles. The highest BCUT2D eigenvalue weighted by Crippen LogP contribution is 2.10. The molecule has 2 rings (SSSR count). The van der Waals surface area contributed by atoms with Crippen LogP contribution in [-0.2, 0) is 0 Å². The Bertz CT molecular complexity index is 428. The number of urea groups is 1. The molecule has 0 unspecified atom stereocenters. The molecule has 17 heavy (non-hydrogen) atoms. The van der Waals surface area contributed by atoms with Crippen LogP contribution in [0, 0.1) is 6.92 Å². The zero-order valence-corrected chi connectivity index (χ0v) is 9.94. The Morgan fingerprint density at radius 1 is 1.47 bits per heavy atom. The number of hydrogen-bond donors (Lipinski definition) is 2. The molecule has 1 atom stereocenters. The van der Waals surface area contributed by atoms with Gasteiger partial charge in [-0.25, -0.2) is 9.78 Å². The molecule has 0 radical (unpaired) electrons. The summed E-state index contributed by atoms with van der Waals surface area (Å²) in [4.78, 5) is 15.9. The lowest BCUT2D eigenvalue weighted by molar-refractivity contribution is 0.249. The Labute approximate surface area is 101 Å². The topological polar surface area (TPSA) is 54.0 Å². The minimum Gasteiger partial charge on any atom is -0.332 e. The summed E-state index contributed by atoms with van der Waals surface area (Å²) >= 11 is 0. The van der Waals surface area contributed by atoms with Crippen molar-refractivity contribution in [2.75, 3.05) is 5.32 Å². The van der Waals surface area contributed by atoms with Gasteiger partial charge in [0.15, 0.2) is 0 Å². The van der Waals surface area contributed by atoms with E-state index in [4.69, 9.17) is 0 Å². The molecular formula is C13H17N3O. The number of hydrogen-bond acceptors (Lipinski definition) is 2. The molecule has 2 N–H and O–H groups in total. The first kappa shape index (κ1) is 11.6. The molecule has 0 bridgehead atoms. The van der Waals surface area contributed by atoms with E-state index in [9.17, 15) is 4.79 Å². The van der Waals surface area contributed by atoms with Gasteiger partial charge in [-0.1, -0.05) is 18.2 Å². The van der Waals surface area contributed by atoms with Gasteiger partial charge in [0.1, 0.15) is 5.82 Å². The first-order valence-corrected chi connectivity index (χ1v) is 5.92. The van der Waals surface area contributed by atoms with Gasteiger partial charge in [-0.3, -0.25) is 5.32 Å². The van der Waals surface area contributed by atoms with Gasteiger partial charge in [-0.2, -0.15) is 0 Å². The van der Waals surface area contributed by atoms with Crippen molar-refractivity contribution in [3.63, 3.8) is 0 Å². The molecule has 0 spiro atoms. The molecule has 0 fully saturated rings. The number of nitrogens with zero attached hydrogens (tertiary/aromatic N) is 1. The van der Waals surface area contributed by atoms with Gasteiger partial charge in [0.25, 0.3) is 0 Å². The van der Waals surface area contributed by atoms with Crippen molar-refractivity contribution in [1.29, 1.82) is 0 Å². The smallest absolute Gasteiger partial charge is 0.320 e. The molecule has 4 nitrogen and oxygen atoms in total. The number of carbonyl (C=O) groups is 1. The van der Waals surface area contributed by atoms with Crippen LogP contribution in [0.3, 0.4) is 0 Å². The Morgan fingerprint density at radius 2 is 2.35 bits per heavy atom. The van der Waals surface area contributed by atoms with E-state index < -0.39 is 0 Å². The highest BCUT2D eigenvalue weighted by Gasteiger charge is 2.11. The molecule has 1 heterocycles. The van der Waals surface area contributed by atoms with Crippen LogP contribution in [0.4, 0.5) is 10.6 Å². The molecular weight excluding hydrogens is 214 g/mol. The minimum absolute atomic E-state index is 0.147. The number of nitrogens with one attached hydrogen (secondary N) is 2. The summed E-state index contributed by atoms with van der Waals surface area (Å²) in [5.74, 6) is 0.585. The lowest BCUT2D eigenvalue weighted by atomic mass is 10.0. The van der Waals surface area contributed by atoms with Crippen molar-refractivity contribution in [3.05, 3.63) is 36.0 Å². The van der Waals surface area contributed by atoms with Crippen LogP contribution in [-0.4, -0.2) is 17.1 Å². The quantitative estimate of drug-likeness (QED) is 0.769. The summed E-state index contributed by atoms with van der Waals surface area (Å²) in [6.07, 6.45) is 7.40. The van der Waals surface area contributed by atoms with Crippen LogP contribution in [0.15, 0.2) is 30.4 Å². The van der Waals surface area contributed by atoms with E-state index in [0.717, 1.165) is 25.0 Å². The SMILES string of the molecule is Cc1cccc(NC(=O)N[C@H]2C=CCCC2)n1. The van der Waals surface area contributed by atoms with Crippen LogP contribution < -0.4 is 10.6 Å². The number of amides is 2. The Hall–Kier alpha value is -1.84. The molecule has 0 aromatic carbocycles. The lowest BCUT2D eigenvalue weighted by Gasteiger charge is -2.18. The van der Waals surface area contributed by atoms with Crippen LogP contribution in [0.5, 0.6) is 0 Å². The van der Waals surface area contributed by atoms with Crippen molar-refractivity contribution in [1.82, 2.24) is 10.3 Å². The summed E-state index contributed by atoms with van der Waals surface area (Å²) in [6.45, 7) is 1.90. The fraction of sp³-hybridized carbons (Fsp3) is 0.385. The van der Waals surface area contributed by atoms with E-state index in [0.29, 0.717) is 5.82 Å². The predicted molar refractivity (Wildman–Crippen MR) is 67.9 cm³/mol. The van der Waals surface area contributed by atoms with Gasteiger partial charge in [0.2, 0.25) is 0 Å². The van der Waals surface area contributed by atoms with E-state index in [1.54, 1.807) is 6.07 Å². The van der Waals surface area contributed by atoms with Gasteiger partial charge < -0.3 is 5.32 Å². The van der Waals surface area contributed by atoms with Crippen molar-refractivity contribution >= 4 is 11.8 Å². The van der Waals surface area contributed by atoms with E-state index in [1.807, 2.05) is 25.1 Å². The molecule has 0 saturated heterocycles. The number of allylic oxidation sites excluding steroid dienone is 1. The van der Waals surface area contributed by atoms with Crippen molar-refractivity contribution in [2.24, 2.45) is 0 Å². The largest absolute Gasteiger partial charge is 0.332 e. The summed E-state index contributed by atoms with van der Waals surface area (Å²) in [5, 5.41) is 5.64. The molecule has 4 heteroatoms. The zero-order chi connectivity index (χ0) is 12.1. The zero-order valence-electron chi connectivity index (χ0n) is 9.94. The number of aryl methyl sites for hydroxylation is 1. The van der Waals surface area contributed by atoms with Gasteiger partial charge in [0.05, 0.1) is 0 Å². The summed E-state index contributed by atoms with van der Waals surface area (Å²) < 4.78 is 0. The number of aromatic nitrogens is 1. The Morgan fingerprint density at radius 3 is 3.06 bits per heavy atom. The van der Waals surface area contributed by atoms with Crippen molar-refractivity contribution in [3.8, 4) is 0 Å². The fourth-order valence-electron chi connectivity index (χ4n) is 1.87. The summed E-state index contributed by atoms with van der Waals surface area (Å²) in [7, 11) is 0. The second kappa shape index (κ2) is 5.48. The maximum absolute atomic E-state index is 11.7. The monoisotopic (exact) mass is 231 g/mol. The van der Waals surface area contributed by atoms with Crippen LogP contribution in [0.2, 0.25) is 0 Å². The fourth-order valence-corrected chi connectivity index (χ4v) is 1.87. The second-order valence-electron chi connectivity index (χ2n) is 4.23. The van der Waals surface area contributed by atoms with Gasteiger partial charge in [-0.05, 0) is 38.3 Å². The Balaban J connectivity index is 1.88. The first-order valence-electron chi connectivity index (χ1n) is 5.92. The number of anilines is 1. The molecule has 1 aliphatic rings. The van der Waals surface area contributed by atoms with Gasteiger partial charge in [-0.15, -0.1) is 0 Å². The maximum Gasteiger partial charge on any atom is 0.320 e. The first-order chi connectivity index (χ1) is 8.24. The standard InChI is InChI=1S/C13H17N3O/c1-10-6-5-9-12(14-10)16-13(17)15-11-7-3-2-4-8-11/h3,5-7,9,11H,2,4,8H2,1H3,(H2,14,15,16,17)/t11-/m0/s1. The summed E-state index contributed by atoms with van der Waals surface area (Å²) in [6, 6.07) is 5.50.